The van der Waals surface area contributed by atoms with E-state index < -0.39 is 23.6 Å². The van der Waals surface area contributed by atoms with Crippen molar-refractivity contribution in [3.8, 4) is 6.07 Å². The Labute approximate surface area is 152 Å². The minimum Gasteiger partial charge on any atom is -0.444 e. The fourth-order valence-electron chi connectivity index (χ4n) is 2.25. The summed E-state index contributed by atoms with van der Waals surface area (Å²) < 4.78 is 5.25. The van der Waals surface area contributed by atoms with Crippen LogP contribution in [0.25, 0.3) is 0 Å². The predicted molar refractivity (Wildman–Crippen MR) is 98.3 cm³/mol. The van der Waals surface area contributed by atoms with Crippen molar-refractivity contribution in [3.63, 3.8) is 0 Å². The zero-order valence-electron chi connectivity index (χ0n) is 14.9. The van der Waals surface area contributed by atoms with Crippen molar-refractivity contribution in [1.82, 2.24) is 5.32 Å². The van der Waals surface area contributed by atoms with E-state index in [4.69, 9.17) is 10.00 Å². The van der Waals surface area contributed by atoms with Crippen LogP contribution in [0.2, 0.25) is 0 Å². The first-order chi connectivity index (χ1) is 12.3. The second-order valence-corrected chi connectivity index (χ2v) is 6.67. The monoisotopic (exact) mass is 351 g/mol. The minimum atomic E-state index is -0.934. The van der Waals surface area contributed by atoms with Crippen LogP contribution >= 0.6 is 0 Å². The van der Waals surface area contributed by atoms with Crippen molar-refractivity contribution in [1.29, 1.82) is 5.26 Å². The molecule has 0 aliphatic heterocycles. The van der Waals surface area contributed by atoms with Gasteiger partial charge in [-0.25, -0.2) is 4.79 Å². The van der Waals surface area contributed by atoms with E-state index >= 15 is 0 Å². The number of hydrogen-bond donors (Lipinski definition) is 2. The summed E-state index contributed by atoms with van der Waals surface area (Å²) in [7, 11) is 0. The quantitative estimate of drug-likeness (QED) is 0.877. The Morgan fingerprint density at radius 1 is 1.08 bits per heavy atom. The van der Waals surface area contributed by atoms with Crippen LogP contribution in [0.15, 0.2) is 54.6 Å². The molecular weight excluding hydrogens is 330 g/mol. The van der Waals surface area contributed by atoms with Gasteiger partial charge in [-0.05, 0) is 44.5 Å². The lowest BCUT2D eigenvalue weighted by atomic mass is 10.1. The molecule has 6 nitrogen and oxygen atoms in total. The largest absolute Gasteiger partial charge is 0.444 e. The number of nitriles is 1. The Hall–Kier alpha value is -3.33. The lowest BCUT2D eigenvalue weighted by molar-refractivity contribution is -0.118. The molecule has 0 fully saturated rings. The summed E-state index contributed by atoms with van der Waals surface area (Å²) in [5.41, 5.74) is 0.843. The molecule has 2 N–H and O–H groups in total. The maximum Gasteiger partial charge on any atom is 0.408 e. The van der Waals surface area contributed by atoms with E-state index in [1.165, 1.54) is 0 Å². The number of ether oxygens (including phenoxy) is 1. The summed E-state index contributed by atoms with van der Waals surface area (Å²) in [5.74, 6) is -0.433. The van der Waals surface area contributed by atoms with Crippen LogP contribution in [0.5, 0.6) is 0 Å². The molecule has 0 radical (unpaired) electrons. The third kappa shape index (κ3) is 5.64. The molecule has 134 valence electrons. The number of amides is 2. The van der Waals surface area contributed by atoms with E-state index in [9.17, 15) is 9.59 Å². The fourth-order valence-corrected chi connectivity index (χ4v) is 2.25. The molecule has 2 rings (SSSR count). The van der Waals surface area contributed by atoms with Gasteiger partial charge in [0.2, 0.25) is 0 Å². The third-order valence-electron chi connectivity index (χ3n) is 3.32. The second kappa shape index (κ2) is 8.17. The van der Waals surface area contributed by atoms with E-state index in [2.05, 4.69) is 10.6 Å². The Morgan fingerprint density at radius 3 is 2.38 bits per heavy atom. The average molecular weight is 351 g/mol. The molecule has 2 aromatic rings. The zero-order chi connectivity index (χ0) is 19.2. The number of anilines is 1. The number of carbonyl (C=O) groups excluding carboxylic acids is 2. The van der Waals surface area contributed by atoms with Gasteiger partial charge in [0.25, 0.3) is 5.91 Å². The molecule has 2 amide bonds. The highest BCUT2D eigenvalue weighted by molar-refractivity contribution is 5.97. The van der Waals surface area contributed by atoms with Gasteiger partial charge < -0.3 is 15.4 Å². The van der Waals surface area contributed by atoms with Gasteiger partial charge in [-0.1, -0.05) is 36.4 Å². The molecule has 0 bridgehead atoms. The Balaban J connectivity index is 2.21. The highest BCUT2D eigenvalue weighted by Crippen LogP contribution is 2.18. The van der Waals surface area contributed by atoms with Gasteiger partial charge in [-0.3, -0.25) is 4.79 Å². The minimum absolute atomic E-state index is 0.430. The summed E-state index contributed by atoms with van der Waals surface area (Å²) in [4.78, 5) is 24.9. The van der Waals surface area contributed by atoms with Crippen LogP contribution in [0.3, 0.4) is 0 Å². The summed E-state index contributed by atoms with van der Waals surface area (Å²) in [6.45, 7) is 5.24. The highest BCUT2D eigenvalue weighted by Gasteiger charge is 2.25. The second-order valence-electron chi connectivity index (χ2n) is 6.67. The van der Waals surface area contributed by atoms with Gasteiger partial charge in [0.05, 0.1) is 11.6 Å². The first kappa shape index (κ1) is 19.0. The van der Waals surface area contributed by atoms with Crippen LogP contribution < -0.4 is 10.6 Å². The van der Waals surface area contributed by atoms with Crippen LogP contribution in [0.4, 0.5) is 10.5 Å². The maximum absolute atomic E-state index is 12.7. The first-order valence-electron chi connectivity index (χ1n) is 8.14. The number of hydrogen-bond acceptors (Lipinski definition) is 4. The molecule has 6 heteroatoms. The molecule has 1 unspecified atom stereocenters. The molecule has 0 aromatic heterocycles. The fraction of sp³-hybridized carbons (Fsp3) is 0.250. The molecule has 0 aliphatic carbocycles. The van der Waals surface area contributed by atoms with Crippen molar-refractivity contribution in [3.05, 3.63) is 65.7 Å². The van der Waals surface area contributed by atoms with E-state index in [-0.39, 0.29) is 0 Å². The Morgan fingerprint density at radius 2 is 1.77 bits per heavy atom. The van der Waals surface area contributed by atoms with Gasteiger partial charge in [0, 0.05) is 5.69 Å². The average Bonchev–Trinajstić information content (AvgIpc) is 2.59. The highest BCUT2D eigenvalue weighted by atomic mass is 16.6. The standard InChI is InChI=1S/C20H21N3O3/c1-20(2,3)26-19(25)23-17(15-9-5-4-6-10-15)18(24)22-16-11-7-8-14(12-16)13-21/h4-12,17H,1-3H3,(H,22,24)(H,23,25). The molecule has 0 saturated carbocycles. The van der Waals surface area contributed by atoms with Gasteiger partial charge in [-0.2, -0.15) is 5.26 Å². The molecule has 1 atom stereocenters. The molecule has 0 saturated heterocycles. The maximum atomic E-state index is 12.7. The predicted octanol–water partition coefficient (Wildman–Crippen LogP) is 3.76. The number of rotatable bonds is 4. The number of alkyl carbamates (subject to hydrolysis) is 1. The molecule has 26 heavy (non-hydrogen) atoms. The van der Waals surface area contributed by atoms with Crippen LogP contribution in [0.1, 0.15) is 37.9 Å². The number of nitrogens with zero attached hydrogens (tertiary/aromatic N) is 1. The van der Waals surface area contributed by atoms with Crippen molar-refractivity contribution >= 4 is 17.7 Å². The third-order valence-corrected chi connectivity index (χ3v) is 3.32. The summed E-state index contributed by atoms with van der Waals surface area (Å²) >= 11 is 0. The van der Waals surface area contributed by atoms with Crippen molar-refractivity contribution in [2.24, 2.45) is 0 Å². The van der Waals surface area contributed by atoms with Crippen LogP contribution in [0, 0.1) is 11.3 Å². The smallest absolute Gasteiger partial charge is 0.408 e. The van der Waals surface area contributed by atoms with Crippen LogP contribution in [-0.2, 0) is 9.53 Å². The number of nitrogens with one attached hydrogen (secondary N) is 2. The number of benzene rings is 2. The van der Waals surface area contributed by atoms with Crippen molar-refractivity contribution in [2.75, 3.05) is 5.32 Å². The molecule has 0 heterocycles. The Kier molecular flexibility index (Phi) is 5.97. The topological polar surface area (TPSA) is 91.2 Å². The van der Waals surface area contributed by atoms with Gasteiger partial charge in [0.15, 0.2) is 0 Å². The van der Waals surface area contributed by atoms with Gasteiger partial charge in [-0.15, -0.1) is 0 Å². The molecular formula is C20H21N3O3. The van der Waals surface area contributed by atoms with E-state index in [0.29, 0.717) is 16.8 Å². The summed E-state index contributed by atoms with van der Waals surface area (Å²) in [6.07, 6.45) is -0.688. The van der Waals surface area contributed by atoms with E-state index in [0.717, 1.165) is 0 Å². The summed E-state index contributed by atoms with van der Waals surface area (Å²) in [6, 6.07) is 16.5. The lowest BCUT2D eigenvalue weighted by Crippen LogP contribution is -2.40. The lowest BCUT2D eigenvalue weighted by Gasteiger charge is -2.23. The van der Waals surface area contributed by atoms with Crippen molar-refractivity contribution < 1.29 is 14.3 Å². The zero-order valence-corrected chi connectivity index (χ0v) is 14.9. The number of carbonyl (C=O) groups is 2. The molecule has 2 aromatic carbocycles. The van der Waals surface area contributed by atoms with E-state index in [1.807, 2.05) is 12.1 Å². The SMILES string of the molecule is CC(C)(C)OC(=O)NC(C(=O)Nc1cccc(C#N)c1)c1ccccc1. The van der Waals surface area contributed by atoms with Crippen LogP contribution in [-0.4, -0.2) is 17.6 Å². The first-order valence-corrected chi connectivity index (χ1v) is 8.14. The molecule has 0 aliphatic rings. The normalized spacial score (nSPS) is 11.8. The summed E-state index contributed by atoms with van der Waals surface area (Å²) in [5, 5.41) is 14.3. The molecule has 0 spiro atoms. The van der Waals surface area contributed by atoms with Crippen molar-refractivity contribution in [2.45, 2.75) is 32.4 Å². The van der Waals surface area contributed by atoms with E-state index in [1.54, 1.807) is 69.3 Å². The van der Waals surface area contributed by atoms with Gasteiger partial charge >= 0.3 is 6.09 Å². The Bertz CT molecular complexity index is 820. The van der Waals surface area contributed by atoms with Gasteiger partial charge in [0.1, 0.15) is 11.6 Å².